The molecular formula is C12H13BrN4O2. The smallest absolute Gasteiger partial charge is 0.285 e. The average Bonchev–Trinajstić information content (AvgIpc) is 2.85. The summed E-state index contributed by atoms with van der Waals surface area (Å²) in [5.41, 5.74) is 1.59. The quantitative estimate of drug-likeness (QED) is 0.677. The first kappa shape index (κ1) is 13.7. The number of nitro groups is 1. The van der Waals surface area contributed by atoms with Gasteiger partial charge in [0, 0.05) is 18.8 Å². The minimum absolute atomic E-state index is 0.0289. The van der Waals surface area contributed by atoms with Gasteiger partial charge in [-0.25, -0.2) is 4.68 Å². The summed E-state index contributed by atoms with van der Waals surface area (Å²) in [7, 11) is 0. The lowest BCUT2D eigenvalue weighted by Gasteiger charge is -2.02. The maximum Gasteiger partial charge on any atom is 0.285 e. The number of halogens is 1. The molecule has 0 fully saturated rings. The number of hydrogen-bond acceptors (Lipinski definition) is 4. The molecule has 0 bridgehead atoms. The van der Waals surface area contributed by atoms with E-state index in [1.54, 1.807) is 23.0 Å². The van der Waals surface area contributed by atoms with Gasteiger partial charge in [0.05, 0.1) is 20.8 Å². The molecule has 0 saturated carbocycles. The topological polar surface area (TPSA) is 73.0 Å². The van der Waals surface area contributed by atoms with E-state index in [9.17, 15) is 10.1 Å². The number of aromatic nitrogens is 2. The molecule has 0 radical (unpaired) electrons. The van der Waals surface area contributed by atoms with E-state index in [1.807, 2.05) is 13.0 Å². The molecule has 1 heterocycles. The van der Waals surface area contributed by atoms with E-state index in [0.717, 1.165) is 12.2 Å². The Kier molecular flexibility index (Phi) is 4.28. The zero-order chi connectivity index (χ0) is 13.8. The molecule has 0 spiro atoms. The number of nitrogens with one attached hydrogen (secondary N) is 1. The van der Waals surface area contributed by atoms with Gasteiger partial charge in [-0.15, -0.1) is 0 Å². The third kappa shape index (κ3) is 3.18. The normalized spacial score (nSPS) is 10.6. The Bertz CT molecular complexity index is 597. The summed E-state index contributed by atoms with van der Waals surface area (Å²) in [5.74, 6) is 0. The maximum atomic E-state index is 10.9. The number of benzene rings is 1. The van der Waals surface area contributed by atoms with Crippen molar-refractivity contribution in [2.45, 2.75) is 13.5 Å². The summed E-state index contributed by atoms with van der Waals surface area (Å²) in [6, 6.07) is 6.81. The predicted molar refractivity (Wildman–Crippen MR) is 75.3 cm³/mol. The van der Waals surface area contributed by atoms with Crippen LogP contribution in [0.15, 0.2) is 34.9 Å². The molecule has 0 atom stereocenters. The molecule has 0 amide bonds. The van der Waals surface area contributed by atoms with Crippen LogP contribution in [-0.2, 0) is 6.54 Å². The maximum absolute atomic E-state index is 10.9. The first-order chi connectivity index (χ1) is 9.11. The standard InChI is InChI=1S/C12H13BrN4O2/c1-2-14-8-9-5-6-16(15-9)10-3-4-11(13)12(7-10)17(18)19/h3-7,14H,2,8H2,1H3. The molecule has 0 unspecified atom stereocenters. The second-order valence-corrected chi connectivity index (χ2v) is 4.78. The van der Waals surface area contributed by atoms with Crippen molar-refractivity contribution >= 4 is 21.6 Å². The van der Waals surface area contributed by atoms with Gasteiger partial charge in [-0.2, -0.15) is 5.10 Å². The summed E-state index contributed by atoms with van der Waals surface area (Å²) in [5, 5.41) is 18.4. The number of hydrogen-bond donors (Lipinski definition) is 1. The van der Waals surface area contributed by atoms with Crippen LogP contribution in [0.25, 0.3) is 5.69 Å². The van der Waals surface area contributed by atoms with Crippen LogP contribution in [0.3, 0.4) is 0 Å². The molecule has 0 aliphatic rings. The van der Waals surface area contributed by atoms with Crippen molar-refractivity contribution in [2.75, 3.05) is 6.54 Å². The molecule has 100 valence electrons. The molecule has 1 aromatic carbocycles. The van der Waals surface area contributed by atoms with E-state index in [4.69, 9.17) is 0 Å². The third-order valence-electron chi connectivity index (χ3n) is 2.59. The highest BCUT2D eigenvalue weighted by Gasteiger charge is 2.13. The van der Waals surface area contributed by atoms with Gasteiger partial charge in [-0.3, -0.25) is 10.1 Å². The molecule has 1 aromatic heterocycles. The van der Waals surface area contributed by atoms with Gasteiger partial charge in [-0.1, -0.05) is 6.92 Å². The van der Waals surface area contributed by atoms with Gasteiger partial charge < -0.3 is 5.32 Å². The fraction of sp³-hybridized carbons (Fsp3) is 0.250. The van der Waals surface area contributed by atoms with Crippen molar-refractivity contribution < 1.29 is 4.92 Å². The monoisotopic (exact) mass is 324 g/mol. The van der Waals surface area contributed by atoms with Crippen molar-refractivity contribution in [2.24, 2.45) is 0 Å². The first-order valence-corrected chi connectivity index (χ1v) is 6.60. The van der Waals surface area contributed by atoms with Crippen LogP contribution < -0.4 is 5.32 Å². The van der Waals surface area contributed by atoms with Crippen molar-refractivity contribution in [1.29, 1.82) is 0 Å². The van der Waals surface area contributed by atoms with Crippen LogP contribution in [0.5, 0.6) is 0 Å². The predicted octanol–water partition coefficient (Wildman–Crippen LogP) is 2.65. The van der Waals surface area contributed by atoms with Crippen LogP contribution >= 0.6 is 15.9 Å². The Hall–Kier alpha value is -1.73. The van der Waals surface area contributed by atoms with Gasteiger partial charge in [-0.05, 0) is 40.7 Å². The second-order valence-electron chi connectivity index (χ2n) is 3.92. The highest BCUT2D eigenvalue weighted by atomic mass is 79.9. The van der Waals surface area contributed by atoms with E-state index in [2.05, 4.69) is 26.3 Å². The molecule has 19 heavy (non-hydrogen) atoms. The molecule has 7 heteroatoms. The van der Waals surface area contributed by atoms with Crippen LogP contribution in [0.2, 0.25) is 0 Å². The lowest BCUT2D eigenvalue weighted by Crippen LogP contribution is -2.12. The van der Waals surface area contributed by atoms with Gasteiger partial charge in [0.15, 0.2) is 0 Å². The lowest BCUT2D eigenvalue weighted by atomic mass is 10.3. The Balaban J connectivity index is 2.29. The molecule has 0 aliphatic heterocycles. The summed E-state index contributed by atoms with van der Waals surface area (Å²) in [6.45, 7) is 3.58. The van der Waals surface area contributed by atoms with E-state index in [0.29, 0.717) is 16.7 Å². The Morgan fingerprint density at radius 2 is 2.26 bits per heavy atom. The minimum atomic E-state index is -0.420. The Labute approximate surface area is 118 Å². The highest BCUT2D eigenvalue weighted by molar-refractivity contribution is 9.10. The number of nitrogens with zero attached hydrogens (tertiary/aromatic N) is 3. The molecule has 0 aliphatic carbocycles. The van der Waals surface area contributed by atoms with E-state index in [-0.39, 0.29) is 5.69 Å². The summed E-state index contributed by atoms with van der Waals surface area (Å²) in [4.78, 5) is 10.5. The zero-order valence-electron chi connectivity index (χ0n) is 10.3. The van der Waals surface area contributed by atoms with Crippen LogP contribution in [0, 0.1) is 10.1 Å². The van der Waals surface area contributed by atoms with Crippen LogP contribution in [0.1, 0.15) is 12.6 Å². The third-order valence-corrected chi connectivity index (χ3v) is 3.26. The zero-order valence-corrected chi connectivity index (χ0v) is 11.9. The first-order valence-electron chi connectivity index (χ1n) is 5.81. The molecular weight excluding hydrogens is 312 g/mol. The second kappa shape index (κ2) is 5.94. The van der Waals surface area contributed by atoms with E-state index < -0.39 is 4.92 Å². The fourth-order valence-electron chi connectivity index (χ4n) is 1.64. The van der Waals surface area contributed by atoms with E-state index >= 15 is 0 Å². The lowest BCUT2D eigenvalue weighted by molar-refractivity contribution is -0.385. The van der Waals surface area contributed by atoms with Gasteiger partial charge in [0.2, 0.25) is 0 Å². The average molecular weight is 325 g/mol. The minimum Gasteiger partial charge on any atom is -0.311 e. The number of nitro benzene ring substituents is 1. The van der Waals surface area contributed by atoms with Gasteiger partial charge in [0.25, 0.3) is 5.69 Å². The van der Waals surface area contributed by atoms with E-state index in [1.165, 1.54) is 6.07 Å². The van der Waals surface area contributed by atoms with Crippen molar-refractivity contribution in [1.82, 2.24) is 15.1 Å². The highest BCUT2D eigenvalue weighted by Crippen LogP contribution is 2.26. The summed E-state index contributed by atoms with van der Waals surface area (Å²) >= 11 is 3.16. The summed E-state index contributed by atoms with van der Waals surface area (Å²) in [6.07, 6.45) is 1.79. The SMILES string of the molecule is CCNCc1ccn(-c2ccc(Br)c([N+](=O)[O-])c2)n1. The molecule has 0 saturated heterocycles. The Morgan fingerprint density at radius 3 is 2.95 bits per heavy atom. The largest absolute Gasteiger partial charge is 0.311 e. The van der Waals surface area contributed by atoms with Crippen LogP contribution in [-0.4, -0.2) is 21.2 Å². The molecule has 6 nitrogen and oxygen atoms in total. The molecule has 2 rings (SSSR count). The Morgan fingerprint density at radius 1 is 1.47 bits per heavy atom. The van der Waals surface area contributed by atoms with Gasteiger partial charge >= 0.3 is 0 Å². The van der Waals surface area contributed by atoms with Crippen molar-refractivity contribution in [3.63, 3.8) is 0 Å². The fourth-order valence-corrected chi connectivity index (χ4v) is 2.03. The van der Waals surface area contributed by atoms with Crippen LogP contribution in [0.4, 0.5) is 5.69 Å². The summed E-state index contributed by atoms with van der Waals surface area (Å²) < 4.78 is 2.09. The van der Waals surface area contributed by atoms with Gasteiger partial charge in [0.1, 0.15) is 0 Å². The van der Waals surface area contributed by atoms with Crippen molar-refractivity contribution in [3.05, 3.63) is 50.7 Å². The number of rotatable bonds is 5. The molecule has 2 aromatic rings. The molecule has 1 N–H and O–H groups in total. The van der Waals surface area contributed by atoms with Crippen molar-refractivity contribution in [3.8, 4) is 5.69 Å².